The molecule has 2 atom stereocenters. The summed E-state index contributed by atoms with van der Waals surface area (Å²) >= 11 is 0. The average molecular weight is 519 g/mol. The van der Waals surface area contributed by atoms with E-state index in [9.17, 15) is 5.11 Å². The molecular formula is C30H30N8O. The van der Waals surface area contributed by atoms with Crippen LogP contribution in [0.1, 0.15) is 37.2 Å². The van der Waals surface area contributed by atoms with Crippen LogP contribution in [0.4, 0.5) is 17.5 Å². The third kappa shape index (κ3) is 4.75. The van der Waals surface area contributed by atoms with Gasteiger partial charge in [0.25, 0.3) is 0 Å². The molecule has 9 nitrogen and oxygen atoms in total. The van der Waals surface area contributed by atoms with Gasteiger partial charge in [0.05, 0.1) is 29.4 Å². The number of hydrogen-bond donors (Lipinski definition) is 4. The van der Waals surface area contributed by atoms with E-state index in [-0.39, 0.29) is 6.04 Å². The monoisotopic (exact) mass is 518 g/mol. The summed E-state index contributed by atoms with van der Waals surface area (Å²) in [7, 11) is 0. The van der Waals surface area contributed by atoms with Gasteiger partial charge in [0.2, 0.25) is 0 Å². The van der Waals surface area contributed by atoms with Crippen LogP contribution < -0.4 is 16.0 Å². The number of anilines is 3. The van der Waals surface area contributed by atoms with E-state index in [0.29, 0.717) is 24.1 Å². The third-order valence-electron chi connectivity index (χ3n) is 7.83. The number of aliphatic hydroxyl groups excluding tert-OH is 1. The molecule has 1 unspecified atom stereocenters. The zero-order chi connectivity index (χ0) is 26.2. The second kappa shape index (κ2) is 10.2. The van der Waals surface area contributed by atoms with Crippen LogP contribution in [0, 0.1) is 0 Å². The summed E-state index contributed by atoms with van der Waals surface area (Å²) in [5.74, 6) is 3.18. The molecule has 1 aliphatic carbocycles. The molecule has 2 fully saturated rings. The molecule has 2 aliphatic rings. The van der Waals surface area contributed by atoms with E-state index in [1.807, 2.05) is 60.9 Å². The minimum atomic E-state index is -0.493. The van der Waals surface area contributed by atoms with E-state index >= 15 is 0 Å². The minimum absolute atomic E-state index is 0.0896. The van der Waals surface area contributed by atoms with Gasteiger partial charge in [-0.1, -0.05) is 24.6 Å². The summed E-state index contributed by atoms with van der Waals surface area (Å²) in [6.07, 6.45) is 9.38. The second-order valence-corrected chi connectivity index (χ2v) is 10.4. The highest BCUT2D eigenvalue weighted by Gasteiger charge is 2.28. The fourth-order valence-electron chi connectivity index (χ4n) is 5.46. The fourth-order valence-corrected chi connectivity index (χ4v) is 5.46. The number of fused-ring (bicyclic) bond motifs is 2. The van der Waals surface area contributed by atoms with Gasteiger partial charge in [-0.15, -0.1) is 0 Å². The summed E-state index contributed by atoms with van der Waals surface area (Å²) in [6, 6.07) is 15.8. The Bertz CT molecular complexity index is 1650. The number of hydrogen-bond acceptors (Lipinski definition) is 9. The van der Waals surface area contributed by atoms with Crippen molar-refractivity contribution in [2.75, 3.05) is 23.7 Å². The maximum absolute atomic E-state index is 10.7. The Hall–Kier alpha value is -4.21. The molecule has 1 aliphatic heterocycles. The van der Waals surface area contributed by atoms with Gasteiger partial charge in [-0.25, -0.2) is 19.9 Å². The van der Waals surface area contributed by atoms with E-state index in [0.717, 1.165) is 64.8 Å². The lowest BCUT2D eigenvalue weighted by atomic mass is 9.79. The Morgan fingerprint density at radius 2 is 1.82 bits per heavy atom. The molecule has 1 saturated carbocycles. The Morgan fingerprint density at radius 1 is 0.897 bits per heavy atom. The first-order valence-corrected chi connectivity index (χ1v) is 13.6. The van der Waals surface area contributed by atoms with E-state index in [1.165, 1.54) is 12.0 Å². The molecule has 1 saturated heterocycles. The van der Waals surface area contributed by atoms with Gasteiger partial charge in [0.1, 0.15) is 17.5 Å². The summed E-state index contributed by atoms with van der Waals surface area (Å²) in [5.41, 5.74) is 3.74. The lowest BCUT2D eigenvalue weighted by Crippen LogP contribution is -2.47. The lowest BCUT2D eigenvalue weighted by molar-refractivity contribution is 0.128. The van der Waals surface area contributed by atoms with Crippen molar-refractivity contribution in [2.45, 2.75) is 43.7 Å². The first kappa shape index (κ1) is 23.9. The number of nitrogens with zero attached hydrogens (tertiary/aromatic N) is 5. The van der Waals surface area contributed by atoms with Crippen molar-refractivity contribution in [3.8, 4) is 11.4 Å². The SMILES string of the molecule is O[C@H]1CNCCC1Nc1nc(-c2ccnc(Nc3ccc4ccccc4n3)c2)nc2cncc(C3CCC3)c12. The molecule has 196 valence electrons. The van der Waals surface area contributed by atoms with Crippen molar-refractivity contribution in [3.05, 3.63) is 72.7 Å². The van der Waals surface area contributed by atoms with E-state index in [2.05, 4.69) is 25.9 Å². The maximum atomic E-state index is 10.7. The Balaban J connectivity index is 1.27. The molecule has 0 amide bonds. The first-order valence-electron chi connectivity index (χ1n) is 13.6. The molecule has 1 aromatic carbocycles. The molecule has 5 heterocycles. The Labute approximate surface area is 226 Å². The molecule has 0 bridgehead atoms. The van der Waals surface area contributed by atoms with Crippen molar-refractivity contribution in [3.63, 3.8) is 0 Å². The van der Waals surface area contributed by atoms with Gasteiger partial charge in [-0.05, 0) is 67.6 Å². The largest absolute Gasteiger partial charge is 0.390 e. The second-order valence-electron chi connectivity index (χ2n) is 10.4. The zero-order valence-corrected chi connectivity index (χ0v) is 21.5. The summed E-state index contributed by atoms with van der Waals surface area (Å²) in [4.78, 5) is 23.7. The van der Waals surface area contributed by atoms with Crippen LogP contribution in [0.5, 0.6) is 0 Å². The number of piperidine rings is 1. The molecule has 9 heteroatoms. The molecule has 0 spiro atoms. The molecule has 0 radical (unpaired) electrons. The van der Waals surface area contributed by atoms with Crippen molar-refractivity contribution in [1.29, 1.82) is 0 Å². The third-order valence-corrected chi connectivity index (χ3v) is 7.83. The number of para-hydroxylation sites is 1. The number of benzene rings is 1. The standard InChI is InChI=1S/C30H30N8O/c39-25-17-31-12-11-23(25)35-30-28-21(18-5-3-6-18)15-32-16-24(28)36-29(38-30)20-10-13-33-27(14-20)37-26-9-8-19-4-1-2-7-22(19)34-26/h1-2,4,7-10,13-16,18,23,25,31,39H,3,5-6,11-12,17H2,(H,33,34,37)(H,35,36,38)/t23?,25-/m0/s1. The van der Waals surface area contributed by atoms with Gasteiger partial charge in [-0.3, -0.25) is 4.98 Å². The normalized spacial score (nSPS) is 19.6. The predicted molar refractivity (Wildman–Crippen MR) is 153 cm³/mol. The van der Waals surface area contributed by atoms with Crippen LogP contribution in [-0.2, 0) is 0 Å². The predicted octanol–water partition coefficient (Wildman–Crippen LogP) is 4.78. The van der Waals surface area contributed by atoms with Gasteiger partial charge in [0.15, 0.2) is 5.82 Å². The number of aromatic nitrogens is 5. The zero-order valence-electron chi connectivity index (χ0n) is 21.5. The van der Waals surface area contributed by atoms with Crippen LogP contribution >= 0.6 is 0 Å². The number of pyridine rings is 3. The Morgan fingerprint density at radius 3 is 2.69 bits per heavy atom. The van der Waals surface area contributed by atoms with E-state index in [1.54, 1.807) is 6.20 Å². The van der Waals surface area contributed by atoms with Crippen LogP contribution in [0.3, 0.4) is 0 Å². The average Bonchev–Trinajstić information content (AvgIpc) is 2.93. The molecule has 4 aromatic heterocycles. The van der Waals surface area contributed by atoms with E-state index in [4.69, 9.17) is 15.0 Å². The summed E-state index contributed by atoms with van der Waals surface area (Å²) < 4.78 is 0. The highest BCUT2D eigenvalue weighted by molar-refractivity contribution is 5.93. The van der Waals surface area contributed by atoms with Crippen molar-refractivity contribution < 1.29 is 5.11 Å². The quantitative estimate of drug-likeness (QED) is 0.252. The first-order chi connectivity index (χ1) is 19.2. The van der Waals surface area contributed by atoms with Crippen molar-refractivity contribution >= 4 is 39.3 Å². The van der Waals surface area contributed by atoms with Crippen LogP contribution in [-0.4, -0.2) is 55.3 Å². The summed E-state index contributed by atoms with van der Waals surface area (Å²) in [6.45, 7) is 1.41. The maximum Gasteiger partial charge on any atom is 0.162 e. The smallest absolute Gasteiger partial charge is 0.162 e. The van der Waals surface area contributed by atoms with Gasteiger partial charge >= 0.3 is 0 Å². The summed E-state index contributed by atoms with van der Waals surface area (Å²) in [5, 5.41) is 22.9. The number of nitrogens with one attached hydrogen (secondary N) is 3. The number of aliphatic hydroxyl groups is 1. The van der Waals surface area contributed by atoms with Crippen LogP contribution in [0.2, 0.25) is 0 Å². The van der Waals surface area contributed by atoms with E-state index < -0.39 is 6.10 Å². The topological polar surface area (TPSA) is 121 Å². The molecule has 5 aromatic rings. The van der Waals surface area contributed by atoms with Gasteiger partial charge in [0, 0.05) is 35.3 Å². The van der Waals surface area contributed by atoms with Crippen molar-refractivity contribution in [2.24, 2.45) is 0 Å². The number of β-amino-alcohol motifs (C(OH)–C–C–N with tert-alkyl or cyclic N) is 1. The van der Waals surface area contributed by atoms with Crippen molar-refractivity contribution in [1.82, 2.24) is 30.2 Å². The molecule has 7 rings (SSSR count). The Kier molecular flexibility index (Phi) is 6.22. The minimum Gasteiger partial charge on any atom is -0.390 e. The van der Waals surface area contributed by atoms with Gasteiger partial charge < -0.3 is 21.1 Å². The highest BCUT2D eigenvalue weighted by atomic mass is 16.3. The lowest BCUT2D eigenvalue weighted by Gasteiger charge is -2.31. The molecule has 39 heavy (non-hydrogen) atoms. The van der Waals surface area contributed by atoms with Gasteiger partial charge in [-0.2, -0.15) is 0 Å². The van der Waals surface area contributed by atoms with Crippen LogP contribution in [0.15, 0.2) is 67.1 Å². The molecular weight excluding hydrogens is 488 g/mol. The fraction of sp³-hybridized carbons (Fsp3) is 0.300. The molecule has 4 N–H and O–H groups in total. The highest BCUT2D eigenvalue weighted by Crippen LogP contribution is 2.41. The van der Waals surface area contributed by atoms with Crippen LogP contribution in [0.25, 0.3) is 33.2 Å². The number of rotatable bonds is 6.